The van der Waals surface area contributed by atoms with Crippen molar-refractivity contribution in [3.05, 3.63) is 12.8 Å². The van der Waals surface area contributed by atoms with Crippen molar-refractivity contribution in [2.45, 2.75) is 216 Å². The molecular formula is C48H100N6O7. The number of hydrogen-bond donors (Lipinski definition) is 5. The maximum Gasteiger partial charge on any atom is 0.220 e. The Balaban J connectivity index is 0. The van der Waals surface area contributed by atoms with Crippen LogP contribution >= 0.6 is 0 Å². The Morgan fingerprint density at radius 1 is 0.721 bits per heavy atom. The van der Waals surface area contributed by atoms with Gasteiger partial charge in [0, 0.05) is 52.2 Å². The SMILES string of the molecule is C=CN(CCNC=O)CCNC(=O)CCC(C)(C)OCCC(C)(C)ONC(C)N(CC(C)(C)CCCC(C)(C)CCC)C(C)O.CCCOC(C)(C)CCOC(C)(C)CCN. The maximum atomic E-state index is 12.4. The van der Waals surface area contributed by atoms with Crippen molar-refractivity contribution in [3.8, 4) is 0 Å². The first-order chi connectivity index (χ1) is 28.1. The lowest BCUT2D eigenvalue weighted by Gasteiger charge is -2.40. The molecule has 0 aliphatic carbocycles. The van der Waals surface area contributed by atoms with Crippen molar-refractivity contribution in [3.63, 3.8) is 0 Å². The molecule has 0 bridgehead atoms. The highest BCUT2D eigenvalue weighted by molar-refractivity contribution is 5.75. The summed E-state index contributed by atoms with van der Waals surface area (Å²) < 4.78 is 17.7. The van der Waals surface area contributed by atoms with Crippen LogP contribution in [0.1, 0.15) is 181 Å². The molecule has 0 aromatic heterocycles. The fraction of sp³-hybridized carbons (Fsp3) is 0.917. The smallest absolute Gasteiger partial charge is 0.220 e. The summed E-state index contributed by atoms with van der Waals surface area (Å²) in [5.74, 6) is -0.0188. The van der Waals surface area contributed by atoms with Crippen LogP contribution in [-0.4, -0.2) is 121 Å². The van der Waals surface area contributed by atoms with Gasteiger partial charge in [-0.15, -0.1) is 0 Å². The summed E-state index contributed by atoms with van der Waals surface area (Å²) >= 11 is 0. The lowest BCUT2D eigenvalue weighted by Crippen LogP contribution is -2.53. The van der Waals surface area contributed by atoms with Gasteiger partial charge in [-0.25, -0.2) is 0 Å². The molecule has 0 saturated carbocycles. The number of hydroxylamine groups is 1. The zero-order valence-electron chi connectivity index (χ0n) is 42.5. The first-order valence-electron chi connectivity index (χ1n) is 23.4. The molecule has 0 fully saturated rings. The highest BCUT2D eigenvalue weighted by Crippen LogP contribution is 2.33. The Hall–Kier alpha value is -1.84. The van der Waals surface area contributed by atoms with Crippen molar-refractivity contribution in [2.75, 3.05) is 59.1 Å². The van der Waals surface area contributed by atoms with E-state index in [1.54, 1.807) is 6.20 Å². The van der Waals surface area contributed by atoms with Gasteiger partial charge in [0.15, 0.2) is 0 Å². The van der Waals surface area contributed by atoms with Gasteiger partial charge < -0.3 is 40.6 Å². The van der Waals surface area contributed by atoms with Gasteiger partial charge in [0.25, 0.3) is 0 Å². The number of carbonyl (C=O) groups excluding carboxylic acids is 2. The van der Waals surface area contributed by atoms with E-state index >= 15 is 0 Å². The van der Waals surface area contributed by atoms with Crippen LogP contribution in [0.5, 0.6) is 0 Å². The minimum absolute atomic E-state index is 0.0188. The van der Waals surface area contributed by atoms with Crippen LogP contribution in [0.4, 0.5) is 0 Å². The zero-order chi connectivity index (χ0) is 47.4. The molecular weight excluding hydrogens is 773 g/mol. The summed E-state index contributed by atoms with van der Waals surface area (Å²) in [6.07, 6.45) is 12.1. The van der Waals surface area contributed by atoms with Gasteiger partial charge in [-0.3, -0.25) is 19.3 Å². The fourth-order valence-electron chi connectivity index (χ4n) is 6.87. The van der Waals surface area contributed by atoms with Gasteiger partial charge in [0.1, 0.15) is 6.23 Å². The molecule has 364 valence electrons. The summed E-state index contributed by atoms with van der Waals surface area (Å²) in [5, 5.41) is 16.2. The molecule has 6 N–H and O–H groups in total. The monoisotopic (exact) mass is 873 g/mol. The molecule has 0 saturated heterocycles. The molecule has 0 rings (SSSR count). The summed E-state index contributed by atoms with van der Waals surface area (Å²) in [6, 6.07) is 0. The van der Waals surface area contributed by atoms with Crippen molar-refractivity contribution >= 4 is 12.3 Å². The third-order valence-corrected chi connectivity index (χ3v) is 11.1. The summed E-state index contributed by atoms with van der Waals surface area (Å²) in [7, 11) is 0. The Bertz CT molecular complexity index is 1150. The van der Waals surface area contributed by atoms with Crippen LogP contribution in [-0.2, 0) is 28.6 Å². The third-order valence-electron chi connectivity index (χ3n) is 11.1. The van der Waals surface area contributed by atoms with Crippen LogP contribution in [0, 0.1) is 10.8 Å². The molecule has 2 unspecified atom stereocenters. The molecule has 13 heteroatoms. The minimum atomic E-state index is -0.608. The summed E-state index contributed by atoms with van der Waals surface area (Å²) in [5.41, 5.74) is 8.00. The zero-order valence-corrected chi connectivity index (χ0v) is 42.5. The lowest BCUT2D eigenvalue weighted by atomic mass is 9.79. The molecule has 13 nitrogen and oxygen atoms in total. The fourth-order valence-corrected chi connectivity index (χ4v) is 6.87. The minimum Gasteiger partial charge on any atom is -0.379 e. The Morgan fingerprint density at radius 3 is 1.77 bits per heavy atom. The number of nitrogens with two attached hydrogens (primary N) is 1. The Labute approximate surface area is 375 Å². The number of carbonyl (C=O) groups is 2. The molecule has 0 aromatic carbocycles. The Kier molecular flexibility index (Phi) is 31.2. The van der Waals surface area contributed by atoms with E-state index in [9.17, 15) is 14.7 Å². The van der Waals surface area contributed by atoms with Crippen LogP contribution in [0.25, 0.3) is 0 Å². The van der Waals surface area contributed by atoms with Gasteiger partial charge in [0.2, 0.25) is 12.3 Å². The van der Waals surface area contributed by atoms with Gasteiger partial charge in [-0.05, 0) is 138 Å². The average molecular weight is 873 g/mol. The normalized spacial score (nSPS) is 14.0. The number of nitrogens with zero attached hydrogens (tertiary/aromatic N) is 2. The van der Waals surface area contributed by atoms with Gasteiger partial charge in [-0.2, -0.15) is 5.48 Å². The highest BCUT2D eigenvalue weighted by Gasteiger charge is 2.30. The molecule has 0 aliphatic rings. The van der Waals surface area contributed by atoms with E-state index in [1.165, 1.54) is 25.7 Å². The molecule has 2 atom stereocenters. The second-order valence-electron chi connectivity index (χ2n) is 20.9. The summed E-state index contributed by atoms with van der Waals surface area (Å²) in [6.45, 7) is 43.5. The number of hydrogen-bond acceptors (Lipinski definition) is 11. The molecule has 2 amide bonds. The van der Waals surface area contributed by atoms with E-state index in [-0.39, 0.29) is 28.7 Å². The number of nitrogens with one attached hydrogen (secondary N) is 3. The van der Waals surface area contributed by atoms with Gasteiger partial charge in [0.05, 0.1) is 41.8 Å². The predicted molar refractivity (Wildman–Crippen MR) is 254 cm³/mol. The molecule has 0 radical (unpaired) electrons. The third kappa shape index (κ3) is 34.3. The summed E-state index contributed by atoms with van der Waals surface area (Å²) in [4.78, 5) is 32.9. The van der Waals surface area contributed by atoms with E-state index in [2.05, 4.69) is 96.8 Å². The van der Waals surface area contributed by atoms with Crippen LogP contribution in [0.15, 0.2) is 12.8 Å². The predicted octanol–water partition coefficient (Wildman–Crippen LogP) is 8.29. The van der Waals surface area contributed by atoms with Crippen LogP contribution in [0.3, 0.4) is 0 Å². The second kappa shape index (κ2) is 31.1. The van der Waals surface area contributed by atoms with E-state index in [4.69, 9.17) is 24.8 Å². The number of ether oxygens (including phenoxy) is 3. The average Bonchev–Trinajstić information content (AvgIpc) is 3.13. The van der Waals surface area contributed by atoms with Crippen LogP contribution < -0.4 is 21.8 Å². The van der Waals surface area contributed by atoms with Crippen molar-refractivity contribution < 1.29 is 33.7 Å². The van der Waals surface area contributed by atoms with E-state index in [0.717, 1.165) is 45.4 Å². The lowest BCUT2D eigenvalue weighted by molar-refractivity contribution is -0.157. The van der Waals surface area contributed by atoms with E-state index in [0.29, 0.717) is 70.4 Å². The molecule has 0 aromatic rings. The van der Waals surface area contributed by atoms with Crippen molar-refractivity contribution in [2.24, 2.45) is 16.6 Å². The number of aliphatic hydroxyl groups excluding tert-OH is 1. The quantitative estimate of drug-likeness (QED) is 0.0177. The Morgan fingerprint density at radius 2 is 1.25 bits per heavy atom. The van der Waals surface area contributed by atoms with Gasteiger partial charge in [-0.1, -0.05) is 61.0 Å². The van der Waals surface area contributed by atoms with E-state index < -0.39 is 17.4 Å². The molecule has 0 heterocycles. The molecule has 0 aliphatic heterocycles. The first kappa shape index (κ1) is 61.2. The number of rotatable bonds is 37. The topological polar surface area (TPSA) is 160 Å². The van der Waals surface area contributed by atoms with Gasteiger partial charge >= 0.3 is 0 Å². The van der Waals surface area contributed by atoms with Crippen molar-refractivity contribution in [1.29, 1.82) is 0 Å². The largest absolute Gasteiger partial charge is 0.379 e. The molecule has 61 heavy (non-hydrogen) atoms. The second-order valence-corrected chi connectivity index (χ2v) is 20.9. The number of aliphatic hydroxyl groups is 1. The first-order valence-corrected chi connectivity index (χ1v) is 23.4. The highest BCUT2D eigenvalue weighted by atomic mass is 16.7. The van der Waals surface area contributed by atoms with E-state index in [1.807, 2.05) is 46.4 Å². The maximum absolute atomic E-state index is 12.4. The standard InChI is InChI=1S/C35H71N5O5.C13H29NO2/c1-13-17-32(5,6)18-15-19-33(7,8)27-40(30(4)42)29(3)38-45-35(11,12)21-26-44-34(9,10)20-16-31(43)37-23-25-39(14-2)24-22-36-28-41;1-6-10-15-13(4,5)8-11-16-12(2,3)7-9-14/h14,28-30,38,42H,2,13,15-27H2,1,3-12H3,(H,36,41)(H,37,43);6-11,14H2,1-5H3. The molecule has 0 spiro atoms. The van der Waals surface area contributed by atoms with Crippen molar-refractivity contribution in [1.82, 2.24) is 25.9 Å². The van der Waals surface area contributed by atoms with Crippen LogP contribution in [0.2, 0.25) is 0 Å². The number of amides is 2.